The summed E-state index contributed by atoms with van der Waals surface area (Å²) in [5.41, 5.74) is 0.765. The maximum Gasteiger partial charge on any atom is 0.156 e. The zero-order chi connectivity index (χ0) is 12.1. The van der Waals surface area contributed by atoms with E-state index in [0.29, 0.717) is 22.3 Å². The maximum absolute atomic E-state index is 5.96. The van der Waals surface area contributed by atoms with Crippen LogP contribution in [-0.2, 0) is 0 Å². The van der Waals surface area contributed by atoms with Crippen molar-refractivity contribution in [3.8, 4) is 5.75 Å². The monoisotopic (exact) mass is 299 g/mol. The van der Waals surface area contributed by atoms with E-state index in [1.807, 2.05) is 0 Å². The minimum absolute atomic E-state index is 0.207. The Labute approximate surface area is 114 Å². The number of halogens is 4. The van der Waals surface area contributed by atoms with Crippen LogP contribution >= 0.6 is 46.4 Å². The molecule has 0 spiro atoms. The standard InChI is InChI=1S/C10H9Cl4NO/c1-16-10-7(11)4-6(5-8(10)12)15-3-2-9(13)14/h2,4-5,15H,3H2,1H3. The number of hydrogen-bond donors (Lipinski definition) is 1. The first kappa shape index (κ1) is 13.8. The van der Waals surface area contributed by atoms with Crippen molar-refractivity contribution in [2.45, 2.75) is 0 Å². The fourth-order valence-corrected chi connectivity index (χ4v) is 1.90. The van der Waals surface area contributed by atoms with Crippen molar-refractivity contribution in [2.75, 3.05) is 19.0 Å². The molecule has 0 aromatic heterocycles. The Hall–Kier alpha value is -0.280. The summed E-state index contributed by atoms with van der Waals surface area (Å²) in [4.78, 5) is 0. The van der Waals surface area contributed by atoms with Crippen molar-refractivity contribution in [3.05, 3.63) is 32.7 Å². The molecule has 0 amide bonds. The van der Waals surface area contributed by atoms with E-state index in [9.17, 15) is 0 Å². The minimum atomic E-state index is 0.207. The second kappa shape index (κ2) is 6.45. The highest BCUT2D eigenvalue weighted by Gasteiger charge is 2.07. The maximum atomic E-state index is 5.96. The number of rotatable bonds is 4. The molecule has 2 nitrogen and oxygen atoms in total. The molecule has 0 unspecified atom stereocenters. The van der Waals surface area contributed by atoms with Crippen LogP contribution in [0, 0.1) is 0 Å². The van der Waals surface area contributed by atoms with E-state index in [-0.39, 0.29) is 4.49 Å². The predicted octanol–water partition coefficient (Wildman–Crippen LogP) is 4.73. The molecule has 0 saturated carbocycles. The summed E-state index contributed by atoms with van der Waals surface area (Å²) in [5.74, 6) is 0.458. The molecule has 0 aliphatic heterocycles. The minimum Gasteiger partial charge on any atom is -0.494 e. The molecule has 1 aromatic rings. The molecule has 1 N–H and O–H groups in total. The van der Waals surface area contributed by atoms with Crippen LogP contribution in [0.4, 0.5) is 5.69 Å². The molecule has 0 radical (unpaired) electrons. The van der Waals surface area contributed by atoms with E-state index < -0.39 is 0 Å². The third-order valence-electron chi connectivity index (χ3n) is 1.76. The largest absolute Gasteiger partial charge is 0.494 e. The third kappa shape index (κ3) is 3.95. The number of nitrogens with one attached hydrogen (secondary N) is 1. The van der Waals surface area contributed by atoms with Gasteiger partial charge >= 0.3 is 0 Å². The van der Waals surface area contributed by atoms with Gasteiger partial charge in [0, 0.05) is 12.2 Å². The van der Waals surface area contributed by atoms with Gasteiger partial charge in [0.2, 0.25) is 0 Å². The van der Waals surface area contributed by atoms with Gasteiger partial charge in [-0.05, 0) is 18.2 Å². The Morgan fingerprint density at radius 2 is 1.88 bits per heavy atom. The molecule has 88 valence electrons. The number of methoxy groups -OCH3 is 1. The molecular formula is C10H9Cl4NO. The Morgan fingerprint density at radius 3 is 2.31 bits per heavy atom. The number of ether oxygens (including phenoxy) is 1. The van der Waals surface area contributed by atoms with Crippen molar-refractivity contribution < 1.29 is 4.74 Å². The molecule has 0 aliphatic rings. The van der Waals surface area contributed by atoms with Crippen molar-refractivity contribution >= 4 is 52.1 Å². The van der Waals surface area contributed by atoms with Crippen LogP contribution in [0.1, 0.15) is 0 Å². The lowest BCUT2D eigenvalue weighted by atomic mass is 10.3. The second-order valence-corrected chi connectivity index (χ2v) is 4.67. The summed E-state index contributed by atoms with van der Waals surface area (Å²) >= 11 is 22.9. The molecule has 0 heterocycles. The second-order valence-electron chi connectivity index (χ2n) is 2.85. The van der Waals surface area contributed by atoms with E-state index in [1.165, 1.54) is 7.11 Å². The summed E-state index contributed by atoms with van der Waals surface area (Å²) in [6.07, 6.45) is 1.62. The van der Waals surface area contributed by atoms with Gasteiger partial charge in [0.25, 0.3) is 0 Å². The fraction of sp³-hybridized carbons (Fsp3) is 0.200. The molecule has 16 heavy (non-hydrogen) atoms. The van der Waals surface area contributed by atoms with Gasteiger partial charge in [-0.15, -0.1) is 0 Å². The highest BCUT2D eigenvalue weighted by atomic mass is 35.5. The van der Waals surface area contributed by atoms with Gasteiger partial charge in [-0.3, -0.25) is 0 Å². The average Bonchev–Trinajstić information content (AvgIpc) is 2.16. The molecule has 0 atom stereocenters. The molecular weight excluding hydrogens is 292 g/mol. The van der Waals surface area contributed by atoms with E-state index in [0.717, 1.165) is 5.69 Å². The number of anilines is 1. The first-order chi connectivity index (χ1) is 7.54. The van der Waals surface area contributed by atoms with Gasteiger partial charge in [0.05, 0.1) is 17.2 Å². The SMILES string of the molecule is COc1c(Cl)cc(NCC=C(Cl)Cl)cc1Cl. The molecule has 0 saturated heterocycles. The molecule has 6 heteroatoms. The van der Waals surface area contributed by atoms with Crippen LogP contribution in [-0.4, -0.2) is 13.7 Å². The van der Waals surface area contributed by atoms with Crippen LogP contribution in [0.25, 0.3) is 0 Å². The summed E-state index contributed by atoms with van der Waals surface area (Å²) in [6, 6.07) is 3.42. The summed E-state index contributed by atoms with van der Waals surface area (Å²) in [7, 11) is 1.51. The zero-order valence-corrected chi connectivity index (χ0v) is 11.4. The van der Waals surface area contributed by atoms with Crippen LogP contribution in [0.3, 0.4) is 0 Å². The summed E-state index contributed by atoms with van der Waals surface area (Å²) in [6.45, 7) is 0.487. The first-order valence-electron chi connectivity index (χ1n) is 4.32. The smallest absolute Gasteiger partial charge is 0.156 e. The van der Waals surface area contributed by atoms with E-state index >= 15 is 0 Å². The predicted molar refractivity (Wildman–Crippen MR) is 71.3 cm³/mol. The van der Waals surface area contributed by atoms with E-state index in [1.54, 1.807) is 18.2 Å². The van der Waals surface area contributed by atoms with E-state index in [2.05, 4.69) is 5.32 Å². The van der Waals surface area contributed by atoms with Gasteiger partial charge in [-0.25, -0.2) is 0 Å². The van der Waals surface area contributed by atoms with Crippen molar-refractivity contribution in [2.24, 2.45) is 0 Å². The summed E-state index contributed by atoms with van der Waals surface area (Å²) < 4.78 is 5.23. The van der Waals surface area contributed by atoms with E-state index in [4.69, 9.17) is 51.1 Å². The lowest BCUT2D eigenvalue weighted by molar-refractivity contribution is 0.415. The fourth-order valence-electron chi connectivity index (χ4n) is 1.10. The van der Waals surface area contributed by atoms with Gasteiger partial charge in [-0.1, -0.05) is 46.4 Å². The average molecular weight is 301 g/mol. The van der Waals surface area contributed by atoms with Crippen molar-refractivity contribution in [1.82, 2.24) is 0 Å². The molecule has 0 fully saturated rings. The highest BCUT2D eigenvalue weighted by molar-refractivity contribution is 6.55. The van der Waals surface area contributed by atoms with Crippen LogP contribution in [0.5, 0.6) is 5.75 Å². The third-order valence-corrected chi connectivity index (χ3v) is 2.64. The summed E-state index contributed by atoms with van der Waals surface area (Å²) in [5, 5.41) is 3.93. The number of hydrogen-bond acceptors (Lipinski definition) is 2. The van der Waals surface area contributed by atoms with Gasteiger partial charge in [-0.2, -0.15) is 0 Å². The molecule has 1 aromatic carbocycles. The zero-order valence-electron chi connectivity index (χ0n) is 8.36. The Kier molecular flexibility index (Phi) is 5.56. The quantitative estimate of drug-likeness (QED) is 0.868. The van der Waals surface area contributed by atoms with Gasteiger partial charge in [0.15, 0.2) is 5.75 Å². The normalized spacial score (nSPS) is 9.81. The van der Waals surface area contributed by atoms with Crippen LogP contribution in [0.15, 0.2) is 22.7 Å². The number of benzene rings is 1. The van der Waals surface area contributed by atoms with Crippen LogP contribution in [0.2, 0.25) is 10.0 Å². The molecule has 0 bridgehead atoms. The molecule has 1 rings (SSSR count). The van der Waals surface area contributed by atoms with Gasteiger partial charge < -0.3 is 10.1 Å². The Morgan fingerprint density at radius 1 is 1.31 bits per heavy atom. The Bertz CT molecular complexity index is 379. The molecule has 0 aliphatic carbocycles. The Balaban J connectivity index is 2.80. The topological polar surface area (TPSA) is 21.3 Å². The lowest BCUT2D eigenvalue weighted by Gasteiger charge is -2.09. The first-order valence-corrected chi connectivity index (χ1v) is 5.84. The van der Waals surface area contributed by atoms with Gasteiger partial charge in [0.1, 0.15) is 4.49 Å². The lowest BCUT2D eigenvalue weighted by Crippen LogP contribution is -1.99. The van der Waals surface area contributed by atoms with Crippen molar-refractivity contribution in [1.29, 1.82) is 0 Å². The van der Waals surface area contributed by atoms with Crippen LogP contribution < -0.4 is 10.1 Å². The van der Waals surface area contributed by atoms with Crippen molar-refractivity contribution in [3.63, 3.8) is 0 Å². The highest BCUT2D eigenvalue weighted by Crippen LogP contribution is 2.35.